The lowest BCUT2D eigenvalue weighted by Crippen LogP contribution is -2.34. The van der Waals surface area contributed by atoms with Gasteiger partial charge in [0.15, 0.2) is 0 Å². The quantitative estimate of drug-likeness (QED) is 0.861. The van der Waals surface area contributed by atoms with Gasteiger partial charge in [-0.1, -0.05) is 26.7 Å². The minimum Gasteiger partial charge on any atom is -0.357 e. The first-order valence-corrected chi connectivity index (χ1v) is 8.16. The Labute approximate surface area is 123 Å². The second-order valence-electron chi connectivity index (χ2n) is 5.97. The van der Waals surface area contributed by atoms with Crippen molar-refractivity contribution in [3.8, 4) is 0 Å². The molecule has 0 spiro atoms. The number of rotatable bonds is 6. The van der Waals surface area contributed by atoms with Crippen molar-refractivity contribution in [1.82, 2.24) is 10.3 Å². The molecule has 3 heteroatoms. The number of nitrogens with zero attached hydrogens (tertiary/aromatic N) is 2. The van der Waals surface area contributed by atoms with Crippen molar-refractivity contribution in [2.75, 3.05) is 24.5 Å². The molecule has 1 aromatic rings. The van der Waals surface area contributed by atoms with Crippen molar-refractivity contribution in [1.29, 1.82) is 0 Å². The zero-order valence-corrected chi connectivity index (χ0v) is 13.3. The van der Waals surface area contributed by atoms with Crippen LogP contribution in [0.4, 0.5) is 5.82 Å². The summed E-state index contributed by atoms with van der Waals surface area (Å²) >= 11 is 0. The molecule has 1 saturated heterocycles. The van der Waals surface area contributed by atoms with E-state index in [9.17, 15) is 0 Å². The summed E-state index contributed by atoms with van der Waals surface area (Å²) in [7, 11) is 0. The van der Waals surface area contributed by atoms with Gasteiger partial charge in [-0.05, 0) is 49.9 Å². The Balaban J connectivity index is 2.00. The summed E-state index contributed by atoms with van der Waals surface area (Å²) in [4.78, 5) is 7.20. The first kappa shape index (κ1) is 15.3. The largest absolute Gasteiger partial charge is 0.357 e. The monoisotopic (exact) mass is 275 g/mol. The minimum atomic E-state index is 0.933. The maximum absolute atomic E-state index is 4.73. The molecular weight excluding hydrogens is 246 g/mol. The predicted molar refractivity (Wildman–Crippen MR) is 86.2 cm³/mol. The van der Waals surface area contributed by atoms with Gasteiger partial charge in [0.2, 0.25) is 0 Å². The third kappa shape index (κ3) is 4.20. The Morgan fingerprint density at radius 1 is 1.25 bits per heavy atom. The molecule has 1 aliphatic rings. The van der Waals surface area contributed by atoms with Crippen LogP contribution < -0.4 is 10.2 Å². The van der Waals surface area contributed by atoms with Crippen LogP contribution in [0.15, 0.2) is 12.1 Å². The zero-order valence-electron chi connectivity index (χ0n) is 13.3. The molecule has 3 nitrogen and oxygen atoms in total. The van der Waals surface area contributed by atoms with Crippen LogP contribution in [-0.2, 0) is 6.54 Å². The van der Waals surface area contributed by atoms with E-state index in [4.69, 9.17) is 4.98 Å². The molecule has 0 amide bonds. The maximum Gasteiger partial charge on any atom is 0.129 e. The van der Waals surface area contributed by atoms with Crippen LogP contribution in [0.2, 0.25) is 0 Å². The number of pyridine rings is 1. The first-order chi connectivity index (χ1) is 9.72. The highest BCUT2D eigenvalue weighted by molar-refractivity contribution is 5.43. The molecule has 0 atom stereocenters. The van der Waals surface area contributed by atoms with Gasteiger partial charge in [0.25, 0.3) is 0 Å². The molecule has 0 bridgehead atoms. The number of hydrogen-bond donors (Lipinski definition) is 1. The molecule has 1 aromatic heterocycles. The summed E-state index contributed by atoms with van der Waals surface area (Å²) in [5.41, 5.74) is 2.48. The third-order valence-electron chi connectivity index (χ3n) is 4.21. The zero-order chi connectivity index (χ0) is 14.4. The van der Waals surface area contributed by atoms with Crippen LogP contribution in [0.3, 0.4) is 0 Å². The lowest BCUT2D eigenvalue weighted by atomic mass is 9.92. The highest BCUT2D eigenvalue weighted by Crippen LogP contribution is 2.25. The number of nitrogens with one attached hydrogen (secondary N) is 1. The Bertz CT molecular complexity index is 409. The standard InChI is InChI=1S/C17H29N3/c1-4-6-15-7-9-20(10-8-15)17-12-16(13-18-5-2)11-14(3)19-17/h11-12,15,18H,4-10,13H2,1-3H3. The third-order valence-corrected chi connectivity index (χ3v) is 4.21. The fourth-order valence-corrected chi connectivity index (χ4v) is 3.11. The molecule has 1 aliphatic heterocycles. The number of hydrogen-bond acceptors (Lipinski definition) is 3. The molecule has 0 aromatic carbocycles. The van der Waals surface area contributed by atoms with Gasteiger partial charge < -0.3 is 10.2 Å². The summed E-state index contributed by atoms with van der Waals surface area (Å²) in [5, 5.41) is 3.40. The maximum atomic E-state index is 4.73. The molecular formula is C17H29N3. The van der Waals surface area contributed by atoms with Crippen molar-refractivity contribution in [2.45, 2.75) is 53.0 Å². The van der Waals surface area contributed by atoms with E-state index >= 15 is 0 Å². The first-order valence-electron chi connectivity index (χ1n) is 8.16. The summed E-state index contributed by atoms with van der Waals surface area (Å²) in [6.07, 6.45) is 5.36. The van der Waals surface area contributed by atoms with Crippen LogP contribution in [-0.4, -0.2) is 24.6 Å². The molecule has 0 radical (unpaired) electrons. The van der Waals surface area contributed by atoms with Crippen LogP contribution in [0, 0.1) is 12.8 Å². The molecule has 1 N–H and O–H groups in total. The minimum absolute atomic E-state index is 0.933. The highest BCUT2D eigenvalue weighted by Gasteiger charge is 2.19. The Morgan fingerprint density at radius 2 is 2.00 bits per heavy atom. The van der Waals surface area contributed by atoms with E-state index in [-0.39, 0.29) is 0 Å². The van der Waals surface area contributed by atoms with Gasteiger partial charge in [0.1, 0.15) is 5.82 Å². The Morgan fingerprint density at radius 3 is 2.65 bits per heavy atom. The summed E-state index contributed by atoms with van der Waals surface area (Å²) in [5.74, 6) is 2.11. The molecule has 0 unspecified atom stereocenters. The van der Waals surface area contributed by atoms with Gasteiger partial charge >= 0.3 is 0 Å². The van der Waals surface area contributed by atoms with E-state index in [1.165, 1.54) is 50.2 Å². The van der Waals surface area contributed by atoms with E-state index in [1.54, 1.807) is 0 Å². The summed E-state index contributed by atoms with van der Waals surface area (Å²) in [6, 6.07) is 4.45. The molecule has 0 saturated carbocycles. The predicted octanol–water partition coefficient (Wildman–Crippen LogP) is 3.52. The second-order valence-corrected chi connectivity index (χ2v) is 5.97. The van der Waals surface area contributed by atoms with Crippen molar-refractivity contribution >= 4 is 5.82 Å². The Hall–Kier alpha value is -1.09. The summed E-state index contributed by atoms with van der Waals surface area (Å²) in [6.45, 7) is 10.8. The van der Waals surface area contributed by atoms with Crippen LogP contribution in [0.25, 0.3) is 0 Å². The smallest absolute Gasteiger partial charge is 0.129 e. The van der Waals surface area contributed by atoms with Crippen molar-refractivity contribution in [3.63, 3.8) is 0 Å². The van der Waals surface area contributed by atoms with Gasteiger partial charge in [0, 0.05) is 25.3 Å². The normalized spacial score (nSPS) is 16.6. The fourth-order valence-electron chi connectivity index (χ4n) is 3.11. The second kappa shape index (κ2) is 7.63. The van der Waals surface area contributed by atoms with Crippen molar-refractivity contribution in [2.24, 2.45) is 5.92 Å². The summed E-state index contributed by atoms with van der Waals surface area (Å²) < 4.78 is 0. The Kier molecular flexibility index (Phi) is 5.84. The van der Waals surface area contributed by atoms with Crippen molar-refractivity contribution < 1.29 is 0 Å². The van der Waals surface area contributed by atoms with Gasteiger partial charge in [-0.15, -0.1) is 0 Å². The van der Waals surface area contributed by atoms with Gasteiger partial charge in [-0.25, -0.2) is 4.98 Å². The topological polar surface area (TPSA) is 28.2 Å². The van der Waals surface area contributed by atoms with E-state index in [1.807, 2.05) is 0 Å². The number of anilines is 1. The van der Waals surface area contributed by atoms with E-state index < -0.39 is 0 Å². The lowest BCUT2D eigenvalue weighted by Gasteiger charge is -2.33. The lowest BCUT2D eigenvalue weighted by molar-refractivity contribution is 0.377. The van der Waals surface area contributed by atoms with E-state index in [0.717, 1.165) is 24.7 Å². The van der Waals surface area contributed by atoms with Crippen LogP contribution in [0.1, 0.15) is 50.8 Å². The highest BCUT2D eigenvalue weighted by atomic mass is 15.2. The molecule has 2 heterocycles. The number of piperidine rings is 1. The average molecular weight is 275 g/mol. The fraction of sp³-hybridized carbons (Fsp3) is 0.706. The van der Waals surface area contributed by atoms with Crippen LogP contribution >= 0.6 is 0 Å². The van der Waals surface area contributed by atoms with E-state index in [2.05, 4.69) is 43.1 Å². The van der Waals surface area contributed by atoms with E-state index in [0.29, 0.717) is 0 Å². The van der Waals surface area contributed by atoms with Gasteiger partial charge in [0.05, 0.1) is 0 Å². The van der Waals surface area contributed by atoms with Gasteiger partial charge in [-0.3, -0.25) is 0 Å². The molecule has 112 valence electrons. The number of aromatic nitrogens is 1. The number of aryl methyl sites for hydroxylation is 1. The average Bonchev–Trinajstić information content (AvgIpc) is 2.46. The molecule has 0 aliphatic carbocycles. The molecule has 1 fully saturated rings. The molecule has 20 heavy (non-hydrogen) atoms. The van der Waals surface area contributed by atoms with Crippen molar-refractivity contribution in [3.05, 3.63) is 23.4 Å². The van der Waals surface area contributed by atoms with Crippen LogP contribution in [0.5, 0.6) is 0 Å². The SMILES string of the molecule is CCCC1CCN(c2cc(CNCC)cc(C)n2)CC1. The molecule has 2 rings (SSSR count). The van der Waals surface area contributed by atoms with Gasteiger partial charge in [-0.2, -0.15) is 0 Å².